The molecule has 0 spiro atoms. The number of ether oxygens (including phenoxy) is 1. The molecule has 1 aromatic heterocycles. The Morgan fingerprint density at radius 2 is 2.11 bits per heavy atom. The normalized spacial score (nSPS) is 22.5. The van der Waals surface area contributed by atoms with Gasteiger partial charge in [0.2, 0.25) is 0 Å². The number of anilines is 1. The number of carbonyl (C=O) groups is 1. The van der Waals surface area contributed by atoms with Gasteiger partial charge in [-0.15, -0.1) is 0 Å². The number of carboxylic acids is 1. The van der Waals surface area contributed by atoms with Gasteiger partial charge in [-0.05, 0) is 12.1 Å². The number of hydrogen-bond donors (Lipinski definition) is 2. The molecule has 2 N–H and O–H groups in total. The smallest absolute Gasteiger partial charge is 0.311 e. The van der Waals surface area contributed by atoms with Crippen molar-refractivity contribution in [3.8, 4) is 0 Å². The van der Waals surface area contributed by atoms with Gasteiger partial charge < -0.3 is 15.2 Å². The van der Waals surface area contributed by atoms with Gasteiger partial charge in [0.1, 0.15) is 11.7 Å². The predicted octanol–water partition coefficient (Wildman–Crippen LogP) is 1.14. The maximum atomic E-state index is 11.1. The van der Waals surface area contributed by atoms with E-state index in [-0.39, 0.29) is 12.6 Å². The number of aromatic nitrogens is 2. The molecule has 1 fully saturated rings. The van der Waals surface area contributed by atoms with E-state index in [1.807, 2.05) is 24.3 Å². The summed E-state index contributed by atoms with van der Waals surface area (Å²) in [6, 6.07) is 7.26. The van der Waals surface area contributed by atoms with E-state index in [4.69, 9.17) is 9.84 Å². The van der Waals surface area contributed by atoms with Crippen LogP contribution in [-0.2, 0) is 9.53 Å². The van der Waals surface area contributed by atoms with Crippen molar-refractivity contribution in [1.82, 2.24) is 9.97 Å². The molecule has 0 aliphatic carbocycles. The third kappa shape index (κ3) is 2.34. The van der Waals surface area contributed by atoms with E-state index in [1.54, 1.807) is 6.20 Å². The first-order valence-electron chi connectivity index (χ1n) is 6.03. The molecular weight excluding hydrogens is 246 g/mol. The standard InChI is InChI=1S/C13H13N3O3/c17-13(18)8-6-19-7-11(8)16-12-5-14-9-3-1-2-4-10(9)15-12/h1-5,8,11H,6-7H2,(H,15,16)(H,17,18). The number of nitrogens with one attached hydrogen (secondary N) is 1. The lowest BCUT2D eigenvalue weighted by Crippen LogP contribution is -2.33. The van der Waals surface area contributed by atoms with Gasteiger partial charge in [-0.25, -0.2) is 4.98 Å². The molecule has 1 aliphatic heterocycles. The van der Waals surface area contributed by atoms with Gasteiger partial charge in [0.05, 0.1) is 36.5 Å². The molecule has 3 rings (SSSR count). The second-order valence-electron chi connectivity index (χ2n) is 4.48. The molecule has 0 amide bonds. The lowest BCUT2D eigenvalue weighted by Gasteiger charge is -2.16. The molecule has 6 nitrogen and oxygen atoms in total. The Kier molecular flexibility index (Phi) is 3.00. The zero-order valence-corrected chi connectivity index (χ0v) is 10.1. The first-order chi connectivity index (χ1) is 9.24. The van der Waals surface area contributed by atoms with Crippen molar-refractivity contribution in [3.05, 3.63) is 30.5 Å². The van der Waals surface area contributed by atoms with Crippen LogP contribution in [0, 0.1) is 5.92 Å². The van der Waals surface area contributed by atoms with Gasteiger partial charge in [0.25, 0.3) is 0 Å². The highest BCUT2D eigenvalue weighted by Gasteiger charge is 2.34. The highest BCUT2D eigenvalue weighted by atomic mass is 16.5. The molecule has 0 radical (unpaired) electrons. The summed E-state index contributed by atoms with van der Waals surface area (Å²) in [4.78, 5) is 19.7. The SMILES string of the molecule is O=C(O)C1COCC1Nc1cnc2ccccc2n1. The van der Waals surface area contributed by atoms with E-state index in [2.05, 4.69) is 15.3 Å². The summed E-state index contributed by atoms with van der Waals surface area (Å²) in [6.45, 7) is 0.597. The van der Waals surface area contributed by atoms with Gasteiger partial charge in [0.15, 0.2) is 0 Å². The Morgan fingerprint density at radius 3 is 2.89 bits per heavy atom. The van der Waals surface area contributed by atoms with Gasteiger partial charge in [-0.1, -0.05) is 12.1 Å². The number of benzene rings is 1. The van der Waals surface area contributed by atoms with E-state index in [9.17, 15) is 4.79 Å². The number of para-hydroxylation sites is 2. The molecule has 1 aliphatic rings. The van der Waals surface area contributed by atoms with Crippen LogP contribution in [0.15, 0.2) is 30.5 Å². The van der Waals surface area contributed by atoms with Gasteiger partial charge in [0, 0.05) is 0 Å². The fourth-order valence-electron chi connectivity index (χ4n) is 2.16. The fraction of sp³-hybridized carbons (Fsp3) is 0.308. The second-order valence-corrected chi connectivity index (χ2v) is 4.48. The zero-order chi connectivity index (χ0) is 13.2. The number of aliphatic carboxylic acids is 1. The lowest BCUT2D eigenvalue weighted by molar-refractivity contribution is -0.141. The van der Waals surface area contributed by atoms with E-state index in [1.165, 1.54) is 0 Å². The van der Waals surface area contributed by atoms with Crippen molar-refractivity contribution in [2.45, 2.75) is 6.04 Å². The van der Waals surface area contributed by atoms with Crippen LogP contribution >= 0.6 is 0 Å². The minimum Gasteiger partial charge on any atom is -0.481 e. The van der Waals surface area contributed by atoms with Crippen LogP contribution in [-0.4, -0.2) is 40.3 Å². The lowest BCUT2D eigenvalue weighted by atomic mass is 10.0. The molecule has 2 unspecified atom stereocenters. The van der Waals surface area contributed by atoms with Crippen molar-refractivity contribution < 1.29 is 14.6 Å². The van der Waals surface area contributed by atoms with Crippen LogP contribution < -0.4 is 5.32 Å². The minimum absolute atomic E-state index is 0.230. The number of carboxylic acid groups (broad SMARTS) is 1. The number of nitrogens with zero attached hydrogens (tertiary/aromatic N) is 2. The molecule has 1 aromatic carbocycles. The Balaban J connectivity index is 1.83. The van der Waals surface area contributed by atoms with Crippen LogP contribution in [0.4, 0.5) is 5.82 Å². The number of hydrogen-bond acceptors (Lipinski definition) is 5. The number of rotatable bonds is 3. The van der Waals surface area contributed by atoms with Gasteiger partial charge >= 0.3 is 5.97 Å². The van der Waals surface area contributed by atoms with E-state index < -0.39 is 11.9 Å². The van der Waals surface area contributed by atoms with Crippen LogP contribution in [0.3, 0.4) is 0 Å². The maximum absolute atomic E-state index is 11.1. The zero-order valence-electron chi connectivity index (χ0n) is 10.1. The molecule has 2 heterocycles. The van der Waals surface area contributed by atoms with Crippen molar-refractivity contribution in [2.75, 3.05) is 18.5 Å². The summed E-state index contributed by atoms with van der Waals surface area (Å²) in [7, 11) is 0. The van der Waals surface area contributed by atoms with Crippen LogP contribution in [0.1, 0.15) is 0 Å². The highest BCUT2D eigenvalue weighted by molar-refractivity contribution is 5.75. The van der Waals surface area contributed by atoms with Crippen molar-refractivity contribution in [2.24, 2.45) is 5.92 Å². The largest absolute Gasteiger partial charge is 0.481 e. The van der Waals surface area contributed by atoms with Gasteiger partial charge in [-0.2, -0.15) is 0 Å². The Hall–Kier alpha value is -2.21. The Morgan fingerprint density at radius 1 is 1.32 bits per heavy atom. The Bertz CT molecular complexity index is 617. The monoisotopic (exact) mass is 259 g/mol. The molecule has 1 saturated heterocycles. The van der Waals surface area contributed by atoms with E-state index in [0.717, 1.165) is 11.0 Å². The van der Waals surface area contributed by atoms with Crippen LogP contribution in [0.25, 0.3) is 11.0 Å². The average molecular weight is 259 g/mol. The van der Waals surface area contributed by atoms with Crippen molar-refractivity contribution in [1.29, 1.82) is 0 Å². The van der Waals surface area contributed by atoms with Crippen molar-refractivity contribution in [3.63, 3.8) is 0 Å². The van der Waals surface area contributed by atoms with E-state index >= 15 is 0 Å². The van der Waals surface area contributed by atoms with Crippen molar-refractivity contribution >= 4 is 22.8 Å². The van der Waals surface area contributed by atoms with Crippen LogP contribution in [0.2, 0.25) is 0 Å². The summed E-state index contributed by atoms with van der Waals surface area (Å²) in [6.07, 6.45) is 1.61. The molecule has 6 heteroatoms. The third-order valence-corrected chi connectivity index (χ3v) is 3.18. The Labute approximate surface area is 109 Å². The molecule has 0 bridgehead atoms. The molecule has 2 atom stereocenters. The number of fused-ring (bicyclic) bond motifs is 1. The highest BCUT2D eigenvalue weighted by Crippen LogP contribution is 2.19. The van der Waals surface area contributed by atoms with Crippen LogP contribution in [0.5, 0.6) is 0 Å². The summed E-state index contributed by atoms with van der Waals surface area (Å²) in [5.74, 6) is -0.836. The molecule has 2 aromatic rings. The van der Waals surface area contributed by atoms with E-state index in [0.29, 0.717) is 12.4 Å². The summed E-state index contributed by atoms with van der Waals surface area (Å²) in [5.41, 5.74) is 1.59. The first-order valence-corrected chi connectivity index (χ1v) is 6.03. The topological polar surface area (TPSA) is 84.3 Å². The summed E-state index contributed by atoms with van der Waals surface area (Å²) in [5, 5.41) is 12.2. The second kappa shape index (κ2) is 4.81. The molecular formula is C13H13N3O3. The average Bonchev–Trinajstić information content (AvgIpc) is 2.87. The third-order valence-electron chi connectivity index (χ3n) is 3.18. The maximum Gasteiger partial charge on any atom is 0.311 e. The summed E-state index contributed by atoms with van der Waals surface area (Å²) >= 11 is 0. The fourth-order valence-corrected chi connectivity index (χ4v) is 2.16. The quantitative estimate of drug-likeness (QED) is 0.860. The van der Waals surface area contributed by atoms with Gasteiger partial charge in [-0.3, -0.25) is 9.78 Å². The summed E-state index contributed by atoms with van der Waals surface area (Å²) < 4.78 is 5.20. The predicted molar refractivity (Wildman–Crippen MR) is 68.9 cm³/mol. The first kappa shape index (κ1) is 11.9. The molecule has 0 saturated carbocycles. The minimum atomic E-state index is -0.858. The molecule has 98 valence electrons. The molecule has 19 heavy (non-hydrogen) atoms.